The fourth-order valence-corrected chi connectivity index (χ4v) is 3.97. The number of fused-ring (bicyclic) bond motifs is 1. The number of amides is 1. The number of hydrogen-bond donors (Lipinski definition) is 1. The van der Waals surface area contributed by atoms with Crippen LogP contribution in [0.4, 0.5) is 8.78 Å². The Morgan fingerprint density at radius 3 is 2.44 bits per heavy atom. The van der Waals surface area contributed by atoms with E-state index in [2.05, 4.69) is 20.9 Å². The van der Waals surface area contributed by atoms with Crippen molar-refractivity contribution < 1.29 is 23.5 Å². The molecule has 0 fully saturated rings. The Morgan fingerprint density at radius 2 is 1.85 bits per heavy atom. The summed E-state index contributed by atoms with van der Waals surface area (Å²) in [6.07, 6.45) is 0.180. The second-order valence-electron chi connectivity index (χ2n) is 5.67. The molecule has 5 nitrogen and oxygen atoms in total. The second-order valence-corrected chi connectivity index (χ2v) is 7.60. The van der Waals surface area contributed by atoms with Gasteiger partial charge in [0, 0.05) is 16.1 Å². The fraction of sp³-hybridized carbons (Fsp3) is 0.167. The van der Waals surface area contributed by atoms with Gasteiger partial charge in [-0.25, -0.2) is 13.6 Å². The number of hydrogen-bond acceptors (Lipinski definition) is 3. The highest BCUT2D eigenvalue weighted by Crippen LogP contribution is 2.25. The molecule has 2 aromatic carbocycles. The molecule has 0 spiro atoms. The first-order valence-corrected chi connectivity index (χ1v) is 9.50. The quantitative estimate of drug-likeness (QED) is 0.629. The monoisotopic (exact) mass is 454 g/mol. The van der Waals surface area contributed by atoms with Crippen LogP contribution < -0.4 is 4.80 Å². The minimum absolute atomic E-state index is 0.0668. The summed E-state index contributed by atoms with van der Waals surface area (Å²) < 4.78 is 29.7. The van der Waals surface area contributed by atoms with Gasteiger partial charge in [0.15, 0.2) is 16.4 Å². The number of rotatable bonds is 4. The summed E-state index contributed by atoms with van der Waals surface area (Å²) in [5.41, 5.74) is 0.485. The van der Waals surface area contributed by atoms with Crippen LogP contribution in [0.1, 0.15) is 29.7 Å². The highest BCUT2D eigenvalue weighted by Gasteiger charge is 2.23. The van der Waals surface area contributed by atoms with Crippen molar-refractivity contribution in [3.63, 3.8) is 0 Å². The van der Waals surface area contributed by atoms with E-state index in [1.165, 1.54) is 4.57 Å². The Bertz CT molecular complexity index is 1110. The van der Waals surface area contributed by atoms with Crippen LogP contribution in [0.15, 0.2) is 45.9 Å². The van der Waals surface area contributed by atoms with Crippen molar-refractivity contribution in [3.05, 3.63) is 62.9 Å². The molecule has 3 aromatic rings. The first kappa shape index (κ1) is 19.4. The van der Waals surface area contributed by atoms with E-state index in [0.29, 0.717) is 10.3 Å². The van der Waals surface area contributed by atoms with Gasteiger partial charge in [-0.15, -0.1) is 0 Å². The predicted molar refractivity (Wildman–Crippen MR) is 101 cm³/mol. The van der Waals surface area contributed by atoms with Crippen molar-refractivity contribution >= 4 is 49.4 Å². The molecule has 0 saturated heterocycles. The number of nitrogens with zero attached hydrogens (tertiary/aromatic N) is 2. The van der Waals surface area contributed by atoms with Gasteiger partial charge in [0.1, 0.15) is 6.04 Å². The van der Waals surface area contributed by atoms with Gasteiger partial charge in [-0.3, -0.25) is 4.79 Å². The number of carboxylic acids is 1. The maximum Gasteiger partial charge on any atom is 0.326 e. The molecule has 1 unspecified atom stereocenters. The Balaban J connectivity index is 2.26. The van der Waals surface area contributed by atoms with Crippen LogP contribution >= 0.6 is 27.3 Å². The number of benzene rings is 2. The SMILES string of the molecule is CCC(C(=O)O)n1/c(=N/C(=O)c2ccc(Br)cc2)sc2cc(F)c(F)cc21. The molecule has 3 rings (SSSR count). The van der Waals surface area contributed by atoms with Gasteiger partial charge >= 0.3 is 5.97 Å². The molecule has 1 aromatic heterocycles. The molecule has 1 N–H and O–H groups in total. The van der Waals surface area contributed by atoms with E-state index < -0.39 is 29.6 Å². The van der Waals surface area contributed by atoms with Crippen LogP contribution in [0.3, 0.4) is 0 Å². The number of carboxylic acid groups (broad SMARTS) is 1. The van der Waals surface area contributed by atoms with Crippen molar-refractivity contribution in [3.8, 4) is 0 Å². The van der Waals surface area contributed by atoms with E-state index in [1.807, 2.05) is 0 Å². The third-order valence-corrected chi connectivity index (χ3v) is 5.49. The molecule has 0 radical (unpaired) electrons. The maximum atomic E-state index is 13.7. The Hall–Kier alpha value is -2.39. The van der Waals surface area contributed by atoms with E-state index in [-0.39, 0.29) is 16.7 Å². The zero-order valence-corrected chi connectivity index (χ0v) is 16.4. The average Bonchev–Trinajstić information content (AvgIpc) is 2.93. The minimum atomic E-state index is -1.15. The van der Waals surface area contributed by atoms with Crippen LogP contribution in [0.25, 0.3) is 10.2 Å². The fourth-order valence-electron chi connectivity index (χ4n) is 2.63. The van der Waals surface area contributed by atoms with Crippen LogP contribution in [-0.2, 0) is 4.79 Å². The molecule has 0 aliphatic heterocycles. The molecule has 1 heterocycles. The van der Waals surface area contributed by atoms with E-state index in [4.69, 9.17) is 0 Å². The largest absolute Gasteiger partial charge is 0.480 e. The lowest BCUT2D eigenvalue weighted by molar-refractivity contribution is -0.140. The number of carbonyl (C=O) groups is 2. The van der Waals surface area contributed by atoms with Gasteiger partial charge < -0.3 is 9.67 Å². The molecule has 1 atom stereocenters. The number of carbonyl (C=O) groups excluding carboxylic acids is 1. The molecule has 1 amide bonds. The highest BCUT2D eigenvalue weighted by atomic mass is 79.9. The molecule has 0 aliphatic carbocycles. The zero-order chi connectivity index (χ0) is 19.7. The third kappa shape index (κ3) is 3.84. The Morgan fingerprint density at radius 1 is 1.22 bits per heavy atom. The second kappa shape index (κ2) is 7.69. The maximum absolute atomic E-state index is 13.7. The summed E-state index contributed by atoms with van der Waals surface area (Å²) in [6, 6.07) is 7.33. The first-order chi connectivity index (χ1) is 12.8. The van der Waals surface area contributed by atoms with Gasteiger partial charge in [0.25, 0.3) is 5.91 Å². The Labute approximate surface area is 164 Å². The smallest absolute Gasteiger partial charge is 0.326 e. The normalized spacial score (nSPS) is 13.1. The minimum Gasteiger partial charge on any atom is -0.480 e. The van der Waals surface area contributed by atoms with E-state index in [0.717, 1.165) is 27.9 Å². The molecule has 9 heteroatoms. The number of halogens is 3. The summed E-state index contributed by atoms with van der Waals surface area (Å²) >= 11 is 4.20. The van der Waals surface area contributed by atoms with E-state index in [9.17, 15) is 23.5 Å². The lowest BCUT2D eigenvalue weighted by Gasteiger charge is -2.13. The van der Waals surface area contributed by atoms with Gasteiger partial charge in [0.05, 0.1) is 10.2 Å². The number of thiazole rings is 1. The summed E-state index contributed by atoms with van der Waals surface area (Å²) in [7, 11) is 0. The van der Waals surface area contributed by atoms with Crippen molar-refractivity contribution in [1.29, 1.82) is 0 Å². The molecule has 140 valence electrons. The van der Waals surface area contributed by atoms with Crippen LogP contribution in [-0.4, -0.2) is 21.6 Å². The van der Waals surface area contributed by atoms with Gasteiger partial charge in [-0.2, -0.15) is 4.99 Å². The lowest BCUT2D eigenvalue weighted by Crippen LogP contribution is -2.27. The number of aromatic nitrogens is 1. The van der Waals surface area contributed by atoms with Gasteiger partial charge in [-0.1, -0.05) is 34.2 Å². The molecule has 0 saturated carbocycles. The zero-order valence-electron chi connectivity index (χ0n) is 13.9. The van der Waals surface area contributed by atoms with Crippen molar-refractivity contribution in [2.75, 3.05) is 0 Å². The van der Waals surface area contributed by atoms with Crippen LogP contribution in [0, 0.1) is 11.6 Å². The van der Waals surface area contributed by atoms with Crippen molar-refractivity contribution in [1.82, 2.24) is 4.57 Å². The molecular weight excluding hydrogens is 442 g/mol. The molecular formula is C18H13BrF2N2O3S. The Kier molecular flexibility index (Phi) is 5.52. The number of aliphatic carboxylic acids is 1. The van der Waals surface area contributed by atoms with E-state index >= 15 is 0 Å². The first-order valence-electron chi connectivity index (χ1n) is 7.89. The lowest BCUT2D eigenvalue weighted by atomic mass is 10.2. The van der Waals surface area contributed by atoms with Gasteiger partial charge in [-0.05, 0) is 36.8 Å². The molecule has 27 heavy (non-hydrogen) atoms. The average molecular weight is 455 g/mol. The third-order valence-electron chi connectivity index (χ3n) is 3.94. The van der Waals surface area contributed by atoms with Gasteiger partial charge in [0.2, 0.25) is 0 Å². The van der Waals surface area contributed by atoms with Crippen molar-refractivity contribution in [2.24, 2.45) is 4.99 Å². The molecule has 0 aliphatic rings. The van der Waals surface area contributed by atoms with E-state index in [1.54, 1.807) is 31.2 Å². The highest BCUT2D eigenvalue weighted by molar-refractivity contribution is 9.10. The summed E-state index contributed by atoms with van der Waals surface area (Å²) in [4.78, 5) is 28.2. The summed E-state index contributed by atoms with van der Waals surface area (Å²) in [6.45, 7) is 1.65. The predicted octanol–water partition coefficient (Wildman–Crippen LogP) is 4.52. The molecule has 0 bridgehead atoms. The topological polar surface area (TPSA) is 71.7 Å². The summed E-state index contributed by atoms with van der Waals surface area (Å²) in [5.74, 6) is -3.88. The van der Waals surface area contributed by atoms with Crippen molar-refractivity contribution in [2.45, 2.75) is 19.4 Å². The standard InChI is InChI=1S/C18H13BrF2N2O3S/c1-2-13(17(25)26)23-14-7-11(20)12(21)8-15(14)27-18(23)22-16(24)9-3-5-10(19)6-4-9/h3-8,13H,2H2,1H3,(H,25,26)/b22-18-. The van der Waals surface area contributed by atoms with Crippen LogP contribution in [0.2, 0.25) is 0 Å². The summed E-state index contributed by atoms with van der Waals surface area (Å²) in [5, 5.41) is 9.52. The van der Waals surface area contributed by atoms with Crippen LogP contribution in [0.5, 0.6) is 0 Å².